The molecular weight excluding hydrogens is 292 g/mol. The van der Waals surface area contributed by atoms with Crippen LogP contribution < -0.4 is 0 Å². The molecule has 2 aliphatic heterocycles. The Balaban J connectivity index is 1.47. The van der Waals surface area contributed by atoms with Crippen LogP contribution in [0.15, 0.2) is 30.3 Å². The maximum absolute atomic E-state index is 12.4. The standard InChI is InChI=1S/C18H26N2O3/c1-19(16-12-23-13-17(16)21)18(22)11-20-9-7-15(8-10-20)14-5-3-2-4-6-14/h2-6,15-17,21H,7-13H2,1H3/t16-,17-/m1/s1. The molecule has 1 amide bonds. The molecule has 2 heterocycles. The molecule has 2 aliphatic rings. The molecule has 1 N–H and O–H groups in total. The fourth-order valence-corrected chi connectivity index (χ4v) is 3.54. The number of hydrogen-bond acceptors (Lipinski definition) is 4. The lowest BCUT2D eigenvalue weighted by molar-refractivity contribution is -0.134. The number of benzene rings is 1. The molecule has 2 atom stereocenters. The summed E-state index contributed by atoms with van der Waals surface area (Å²) >= 11 is 0. The molecule has 0 saturated carbocycles. The van der Waals surface area contributed by atoms with Gasteiger partial charge in [-0.1, -0.05) is 30.3 Å². The van der Waals surface area contributed by atoms with E-state index in [-0.39, 0.29) is 11.9 Å². The molecule has 3 rings (SSSR count). The third-order valence-corrected chi connectivity index (χ3v) is 5.13. The summed E-state index contributed by atoms with van der Waals surface area (Å²) in [5, 5.41) is 9.84. The molecule has 0 radical (unpaired) electrons. The SMILES string of the molecule is CN(C(=O)CN1CCC(c2ccccc2)CC1)[C@@H]1COC[C@H]1O. The highest BCUT2D eigenvalue weighted by Gasteiger charge is 2.33. The second-order valence-corrected chi connectivity index (χ2v) is 6.64. The van der Waals surface area contributed by atoms with Crippen molar-refractivity contribution in [3.05, 3.63) is 35.9 Å². The third-order valence-electron chi connectivity index (χ3n) is 5.13. The molecule has 5 nitrogen and oxygen atoms in total. The Labute approximate surface area is 137 Å². The van der Waals surface area contributed by atoms with E-state index in [1.165, 1.54) is 5.56 Å². The van der Waals surface area contributed by atoms with Crippen molar-refractivity contribution in [2.45, 2.75) is 30.9 Å². The van der Waals surface area contributed by atoms with Crippen LogP contribution in [-0.4, -0.2) is 72.9 Å². The number of amides is 1. The Morgan fingerprint density at radius 3 is 2.57 bits per heavy atom. The minimum Gasteiger partial charge on any atom is -0.388 e. The van der Waals surface area contributed by atoms with Gasteiger partial charge in [-0.05, 0) is 37.4 Å². The molecule has 2 saturated heterocycles. The summed E-state index contributed by atoms with van der Waals surface area (Å²) < 4.78 is 5.24. The van der Waals surface area contributed by atoms with Gasteiger partial charge in [-0.15, -0.1) is 0 Å². The van der Waals surface area contributed by atoms with Crippen LogP contribution >= 0.6 is 0 Å². The van der Waals surface area contributed by atoms with Gasteiger partial charge in [-0.2, -0.15) is 0 Å². The Morgan fingerprint density at radius 1 is 1.26 bits per heavy atom. The van der Waals surface area contributed by atoms with E-state index in [0.29, 0.717) is 25.7 Å². The predicted molar refractivity (Wildman–Crippen MR) is 88.2 cm³/mol. The lowest BCUT2D eigenvalue weighted by Gasteiger charge is -2.34. The number of piperidine rings is 1. The monoisotopic (exact) mass is 318 g/mol. The van der Waals surface area contributed by atoms with Crippen LogP contribution in [0.1, 0.15) is 24.3 Å². The molecule has 2 fully saturated rings. The van der Waals surface area contributed by atoms with Crippen molar-refractivity contribution in [3.63, 3.8) is 0 Å². The summed E-state index contributed by atoms with van der Waals surface area (Å²) in [6.45, 7) is 3.08. The van der Waals surface area contributed by atoms with Crippen molar-refractivity contribution in [1.82, 2.24) is 9.80 Å². The maximum Gasteiger partial charge on any atom is 0.236 e. The maximum atomic E-state index is 12.4. The first-order valence-electron chi connectivity index (χ1n) is 8.44. The number of hydrogen-bond donors (Lipinski definition) is 1. The molecule has 5 heteroatoms. The van der Waals surface area contributed by atoms with E-state index < -0.39 is 6.10 Å². The number of carbonyl (C=O) groups excluding carboxylic acids is 1. The first-order chi connectivity index (χ1) is 11.1. The van der Waals surface area contributed by atoms with Crippen LogP contribution in [0.4, 0.5) is 0 Å². The summed E-state index contributed by atoms with van der Waals surface area (Å²) in [5.41, 5.74) is 1.40. The van der Waals surface area contributed by atoms with Crippen molar-refractivity contribution in [2.24, 2.45) is 0 Å². The van der Waals surface area contributed by atoms with Gasteiger partial charge in [0.05, 0.1) is 31.9 Å². The van der Waals surface area contributed by atoms with E-state index in [2.05, 4.69) is 29.2 Å². The first kappa shape index (κ1) is 16.4. The van der Waals surface area contributed by atoms with Gasteiger partial charge in [-0.3, -0.25) is 9.69 Å². The number of rotatable bonds is 4. The molecule has 1 aromatic rings. The predicted octanol–water partition coefficient (Wildman–Crippen LogP) is 1.08. The van der Waals surface area contributed by atoms with Crippen LogP contribution in [0.25, 0.3) is 0 Å². The zero-order valence-electron chi connectivity index (χ0n) is 13.7. The number of ether oxygens (including phenoxy) is 1. The second-order valence-electron chi connectivity index (χ2n) is 6.64. The van der Waals surface area contributed by atoms with Gasteiger partial charge < -0.3 is 14.7 Å². The van der Waals surface area contributed by atoms with Crippen LogP contribution in [-0.2, 0) is 9.53 Å². The molecule has 0 unspecified atom stereocenters. The van der Waals surface area contributed by atoms with E-state index >= 15 is 0 Å². The third kappa shape index (κ3) is 3.91. The molecule has 0 bridgehead atoms. The van der Waals surface area contributed by atoms with E-state index in [4.69, 9.17) is 4.74 Å². The summed E-state index contributed by atoms with van der Waals surface area (Å²) in [6.07, 6.45) is 1.62. The van der Waals surface area contributed by atoms with Crippen molar-refractivity contribution in [1.29, 1.82) is 0 Å². The Hall–Kier alpha value is -1.43. The minimum absolute atomic E-state index is 0.0673. The van der Waals surface area contributed by atoms with Gasteiger partial charge in [0.15, 0.2) is 0 Å². The van der Waals surface area contributed by atoms with Crippen LogP contribution in [0.2, 0.25) is 0 Å². The summed E-state index contributed by atoms with van der Waals surface area (Å²) in [6, 6.07) is 10.4. The minimum atomic E-state index is -0.562. The molecule has 0 aromatic heterocycles. The van der Waals surface area contributed by atoms with Gasteiger partial charge >= 0.3 is 0 Å². The van der Waals surface area contributed by atoms with Gasteiger partial charge in [0, 0.05) is 7.05 Å². The second kappa shape index (κ2) is 7.43. The lowest BCUT2D eigenvalue weighted by Crippen LogP contribution is -2.49. The molecule has 1 aromatic carbocycles. The smallest absolute Gasteiger partial charge is 0.236 e. The molecule has 126 valence electrons. The zero-order valence-corrected chi connectivity index (χ0v) is 13.7. The van der Waals surface area contributed by atoms with Crippen LogP contribution in [0.3, 0.4) is 0 Å². The van der Waals surface area contributed by atoms with E-state index in [1.54, 1.807) is 11.9 Å². The van der Waals surface area contributed by atoms with Crippen LogP contribution in [0, 0.1) is 0 Å². The number of likely N-dealkylation sites (tertiary alicyclic amines) is 1. The number of carbonyl (C=O) groups is 1. The van der Waals surface area contributed by atoms with E-state index in [9.17, 15) is 9.90 Å². The van der Waals surface area contributed by atoms with E-state index in [1.807, 2.05) is 6.07 Å². The summed E-state index contributed by atoms with van der Waals surface area (Å²) in [5.74, 6) is 0.669. The molecular formula is C18H26N2O3. The van der Waals surface area contributed by atoms with Crippen molar-refractivity contribution in [3.8, 4) is 0 Å². The highest BCUT2D eigenvalue weighted by Crippen LogP contribution is 2.27. The average molecular weight is 318 g/mol. The molecule has 23 heavy (non-hydrogen) atoms. The molecule has 0 aliphatic carbocycles. The summed E-state index contributed by atoms with van der Waals surface area (Å²) in [4.78, 5) is 16.3. The fourth-order valence-electron chi connectivity index (χ4n) is 3.54. The zero-order chi connectivity index (χ0) is 16.2. The van der Waals surface area contributed by atoms with Gasteiger partial charge in [0.1, 0.15) is 0 Å². The highest BCUT2D eigenvalue weighted by molar-refractivity contribution is 5.78. The Morgan fingerprint density at radius 2 is 1.96 bits per heavy atom. The van der Waals surface area contributed by atoms with Crippen LogP contribution in [0.5, 0.6) is 0 Å². The normalized spacial score (nSPS) is 26.3. The van der Waals surface area contributed by atoms with Gasteiger partial charge in [0.2, 0.25) is 5.91 Å². The van der Waals surface area contributed by atoms with Crippen molar-refractivity contribution in [2.75, 3.05) is 39.9 Å². The van der Waals surface area contributed by atoms with E-state index in [0.717, 1.165) is 25.9 Å². The highest BCUT2D eigenvalue weighted by atomic mass is 16.5. The number of nitrogens with zero attached hydrogens (tertiary/aromatic N) is 2. The fraction of sp³-hybridized carbons (Fsp3) is 0.611. The summed E-state index contributed by atoms with van der Waals surface area (Å²) in [7, 11) is 1.77. The van der Waals surface area contributed by atoms with Crippen molar-refractivity contribution >= 4 is 5.91 Å². The molecule has 0 spiro atoms. The Bertz CT molecular complexity index is 514. The number of aliphatic hydroxyl groups is 1. The largest absolute Gasteiger partial charge is 0.388 e. The number of aliphatic hydroxyl groups excluding tert-OH is 1. The lowest BCUT2D eigenvalue weighted by atomic mass is 9.89. The average Bonchev–Trinajstić information content (AvgIpc) is 3.01. The van der Waals surface area contributed by atoms with Gasteiger partial charge in [-0.25, -0.2) is 0 Å². The topological polar surface area (TPSA) is 53.0 Å². The van der Waals surface area contributed by atoms with Gasteiger partial charge in [0.25, 0.3) is 0 Å². The first-order valence-corrected chi connectivity index (χ1v) is 8.44. The number of likely N-dealkylation sites (N-methyl/N-ethyl adjacent to an activating group) is 1. The van der Waals surface area contributed by atoms with Crippen molar-refractivity contribution < 1.29 is 14.6 Å². The quantitative estimate of drug-likeness (QED) is 0.903. The Kier molecular flexibility index (Phi) is 5.30.